The Kier molecular flexibility index (Phi) is 5.40. The number of rotatable bonds is 4. The van der Waals surface area contributed by atoms with Crippen molar-refractivity contribution >= 4 is 12.0 Å². The molecule has 0 aliphatic heterocycles. The van der Waals surface area contributed by atoms with Gasteiger partial charge in [0.25, 0.3) is 0 Å². The van der Waals surface area contributed by atoms with E-state index in [9.17, 15) is 9.59 Å². The summed E-state index contributed by atoms with van der Waals surface area (Å²) in [4.78, 5) is 24.2. The number of carboxylic acid groups (broad SMARTS) is 1. The number of hydrogen-bond acceptors (Lipinski definition) is 3. The first-order chi connectivity index (χ1) is 8.45. The molecule has 6 nitrogen and oxygen atoms in total. The smallest absolute Gasteiger partial charge is 0.317 e. The van der Waals surface area contributed by atoms with Gasteiger partial charge < -0.3 is 20.4 Å². The minimum absolute atomic E-state index is 0.0827. The van der Waals surface area contributed by atoms with E-state index in [2.05, 4.69) is 5.32 Å². The summed E-state index contributed by atoms with van der Waals surface area (Å²) >= 11 is 0. The average molecular weight is 258 g/mol. The van der Waals surface area contributed by atoms with Gasteiger partial charge in [-0.15, -0.1) is 0 Å². The standard InChI is InChI=1S/C12H22N2O4/c1-8(7-15)14(2)12(18)13-10-5-3-4-9(6-10)11(16)17/h8-10,15H,3-7H2,1-2H3,(H,13,18)(H,16,17). The fourth-order valence-corrected chi connectivity index (χ4v) is 2.14. The molecule has 0 heterocycles. The monoisotopic (exact) mass is 258 g/mol. The van der Waals surface area contributed by atoms with Gasteiger partial charge in [-0.2, -0.15) is 0 Å². The van der Waals surface area contributed by atoms with Gasteiger partial charge in [-0.25, -0.2) is 4.79 Å². The normalized spacial score (nSPS) is 25.3. The molecular formula is C12H22N2O4. The molecule has 0 spiro atoms. The second-order valence-corrected chi connectivity index (χ2v) is 4.99. The number of carbonyl (C=O) groups excluding carboxylic acids is 1. The zero-order valence-electron chi connectivity index (χ0n) is 10.9. The van der Waals surface area contributed by atoms with Gasteiger partial charge in [0.1, 0.15) is 0 Å². The largest absolute Gasteiger partial charge is 0.481 e. The van der Waals surface area contributed by atoms with Crippen molar-refractivity contribution in [3.8, 4) is 0 Å². The van der Waals surface area contributed by atoms with Crippen LogP contribution >= 0.6 is 0 Å². The Balaban J connectivity index is 2.46. The van der Waals surface area contributed by atoms with E-state index >= 15 is 0 Å². The van der Waals surface area contributed by atoms with Crippen molar-refractivity contribution in [2.45, 2.75) is 44.7 Å². The third-order valence-electron chi connectivity index (χ3n) is 3.60. The van der Waals surface area contributed by atoms with E-state index in [1.165, 1.54) is 4.90 Å². The molecule has 3 N–H and O–H groups in total. The van der Waals surface area contributed by atoms with E-state index in [0.29, 0.717) is 12.8 Å². The lowest BCUT2D eigenvalue weighted by Gasteiger charge is -2.30. The first-order valence-corrected chi connectivity index (χ1v) is 6.32. The lowest BCUT2D eigenvalue weighted by atomic mass is 9.86. The summed E-state index contributed by atoms with van der Waals surface area (Å²) < 4.78 is 0. The average Bonchev–Trinajstić information content (AvgIpc) is 2.37. The Hall–Kier alpha value is -1.30. The number of nitrogens with zero attached hydrogens (tertiary/aromatic N) is 1. The summed E-state index contributed by atoms with van der Waals surface area (Å²) in [6.45, 7) is 1.66. The van der Waals surface area contributed by atoms with Crippen LogP contribution in [0.2, 0.25) is 0 Å². The Morgan fingerprint density at radius 2 is 2.11 bits per heavy atom. The molecule has 2 amide bonds. The molecule has 104 valence electrons. The van der Waals surface area contributed by atoms with E-state index in [1.807, 2.05) is 0 Å². The van der Waals surface area contributed by atoms with Crippen molar-refractivity contribution in [2.75, 3.05) is 13.7 Å². The van der Waals surface area contributed by atoms with Crippen molar-refractivity contribution in [3.05, 3.63) is 0 Å². The number of amides is 2. The Morgan fingerprint density at radius 1 is 1.44 bits per heavy atom. The number of nitrogens with one attached hydrogen (secondary N) is 1. The number of urea groups is 1. The molecule has 3 unspecified atom stereocenters. The molecule has 0 aromatic rings. The predicted molar refractivity (Wildman–Crippen MR) is 66.2 cm³/mol. The second-order valence-electron chi connectivity index (χ2n) is 4.99. The Morgan fingerprint density at radius 3 is 2.67 bits per heavy atom. The van der Waals surface area contributed by atoms with E-state index in [4.69, 9.17) is 10.2 Å². The molecule has 1 fully saturated rings. The van der Waals surface area contributed by atoms with Gasteiger partial charge in [-0.05, 0) is 26.2 Å². The van der Waals surface area contributed by atoms with Crippen LogP contribution in [0.25, 0.3) is 0 Å². The Labute approximate surface area is 107 Å². The lowest BCUT2D eigenvalue weighted by molar-refractivity contribution is -0.143. The zero-order valence-corrected chi connectivity index (χ0v) is 10.9. The topological polar surface area (TPSA) is 89.9 Å². The maximum absolute atomic E-state index is 11.8. The van der Waals surface area contributed by atoms with Crippen LogP contribution in [0, 0.1) is 5.92 Å². The first kappa shape index (κ1) is 14.8. The van der Waals surface area contributed by atoms with Crippen molar-refractivity contribution in [1.82, 2.24) is 10.2 Å². The molecule has 0 aromatic heterocycles. The second kappa shape index (κ2) is 6.58. The third kappa shape index (κ3) is 3.87. The molecule has 0 aromatic carbocycles. The summed E-state index contributed by atoms with van der Waals surface area (Å²) in [5, 5.41) is 20.8. The first-order valence-electron chi connectivity index (χ1n) is 6.32. The van der Waals surface area contributed by atoms with Crippen LogP contribution in [0.3, 0.4) is 0 Å². The van der Waals surface area contributed by atoms with E-state index in [1.54, 1.807) is 14.0 Å². The fraction of sp³-hybridized carbons (Fsp3) is 0.833. The van der Waals surface area contributed by atoms with Crippen molar-refractivity contribution < 1.29 is 19.8 Å². The maximum Gasteiger partial charge on any atom is 0.317 e. The number of likely N-dealkylation sites (N-methyl/N-ethyl adjacent to an activating group) is 1. The number of aliphatic carboxylic acids is 1. The van der Waals surface area contributed by atoms with Crippen LogP contribution in [0.4, 0.5) is 4.79 Å². The molecule has 6 heteroatoms. The van der Waals surface area contributed by atoms with Gasteiger partial charge in [0.05, 0.1) is 18.6 Å². The minimum Gasteiger partial charge on any atom is -0.481 e. The summed E-state index contributed by atoms with van der Waals surface area (Å²) in [7, 11) is 1.62. The summed E-state index contributed by atoms with van der Waals surface area (Å²) in [5.41, 5.74) is 0. The van der Waals surface area contributed by atoms with Gasteiger partial charge in [-0.1, -0.05) is 6.42 Å². The number of hydrogen-bond donors (Lipinski definition) is 3. The van der Waals surface area contributed by atoms with Crippen LogP contribution in [0.1, 0.15) is 32.6 Å². The van der Waals surface area contributed by atoms with E-state index in [-0.39, 0.29) is 30.6 Å². The number of carboxylic acids is 1. The maximum atomic E-state index is 11.8. The minimum atomic E-state index is -0.786. The summed E-state index contributed by atoms with van der Waals surface area (Å²) in [6.07, 6.45) is 2.81. The number of aliphatic hydroxyl groups is 1. The highest BCUT2D eigenvalue weighted by atomic mass is 16.4. The highest BCUT2D eigenvalue weighted by molar-refractivity contribution is 5.75. The molecular weight excluding hydrogens is 236 g/mol. The van der Waals surface area contributed by atoms with Gasteiger partial charge in [0.15, 0.2) is 0 Å². The van der Waals surface area contributed by atoms with Crippen LogP contribution in [0.15, 0.2) is 0 Å². The molecule has 1 rings (SSSR count). The number of carbonyl (C=O) groups is 2. The molecule has 3 atom stereocenters. The molecule has 1 aliphatic carbocycles. The van der Waals surface area contributed by atoms with Gasteiger partial charge in [0, 0.05) is 13.1 Å². The summed E-state index contributed by atoms with van der Waals surface area (Å²) in [5.74, 6) is -1.14. The molecule has 0 saturated heterocycles. The SMILES string of the molecule is CC(CO)N(C)C(=O)NC1CCCC(C(=O)O)C1. The zero-order chi connectivity index (χ0) is 13.7. The van der Waals surface area contributed by atoms with Crippen molar-refractivity contribution in [3.63, 3.8) is 0 Å². The Bertz CT molecular complexity index is 308. The third-order valence-corrected chi connectivity index (χ3v) is 3.60. The van der Waals surface area contributed by atoms with Crippen LogP contribution in [-0.2, 0) is 4.79 Å². The highest BCUT2D eigenvalue weighted by Gasteiger charge is 2.28. The fourth-order valence-electron chi connectivity index (χ4n) is 2.14. The quantitative estimate of drug-likeness (QED) is 0.690. The van der Waals surface area contributed by atoms with E-state index in [0.717, 1.165) is 12.8 Å². The van der Waals surface area contributed by atoms with Crippen molar-refractivity contribution in [1.29, 1.82) is 0 Å². The highest BCUT2D eigenvalue weighted by Crippen LogP contribution is 2.24. The van der Waals surface area contributed by atoms with Crippen LogP contribution < -0.4 is 5.32 Å². The van der Waals surface area contributed by atoms with Crippen LogP contribution in [0.5, 0.6) is 0 Å². The predicted octanol–water partition coefficient (Wildman–Crippen LogP) is 0.652. The molecule has 18 heavy (non-hydrogen) atoms. The van der Waals surface area contributed by atoms with E-state index < -0.39 is 5.97 Å². The summed E-state index contributed by atoms with van der Waals surface area (Å²) in [6, 6.07) is -0.586. The molecule has 0 radical (unpaired) electrons. The molecule has 0 bridgehead atoms. The van der Waals surface area contributed by atoms with Gasteiger partial charge in [0.2, 0.25) is 0 Å². The van der Waals surface area contributed by atoms with Crippen LogP contribution in [-0.4, -0.2) is 52.9 Å². The van der Waals surface area contributed by atoms with Gasteiger partial charge >= 0.3 is 12.0 Å². The lowest BCUT2D eigenvalue weighted by Crippen LogP contribution is -2.49. The number of aliphatic hydroxyl groups excluding tert-OH is 1. The molecule has 1 saturated carbocycles. The van der Waals surface area contributed by atoms with Crippen molar-refractivity contribution in [2.24, 2.45) is 5.92 Å². The molecule has 1 aliphatic rings. The van der Waals surface area contributed by atoms with Gasteiger partial charge in [-0.3, -0.25) is 4.79 Å².